The standard InChI is InChI=1S/C17H25NO/c1-13(19)14-6-8-17(9-7-14)18-11-10-15-4-2-3-5-16(15)12-18/h6-9,13,15-16,19H,2-5,10-12H2,1H3. The predicted octanol–water partition coefficient (Wildman–Crippen LogP) is 3.76. The zero-order valence-corrected chi connectivity index (χ0v) is 11.9. The summed E-state index contributed by atoms with van der Waals surface area (Å²) in [4.78, 5) is 2.54. The van der Waals surface area contributed by atoms with Gasteiger partial charge in [0.25, 0.3) is 0 Å². The maximum Gasteiger partial charge on any atom is 0.0761 e. The first-order chi connectivity index (χ1) is 9.24. The Hall–Kier alpha value is -1.02. The minimum Gasteiger partial charge on any atom is -0.389 e. The van der Waals surface area contributed by atoms with Crippen LogP contribution < -0.4 is 4.90 Å². The van der Waals surface area contributed by atoms with Gasteiger partial charge in [-0.15, -0.1) is 0 Å². The van der Waals surface area contributed by atoms with Crippen LogP contribution in [-0.2, 0) is 0 Å². The SMILES string of the molecule is CC(O)c1ccc(N2CCC3CCCCC3C2)cc1. The lowest BCUT2D eigenvalue weighted by molar-refractivity contribution is 0.199. The number of hydrogen-bond donors (Lipinski definition) is 1. The van der Waals surface area contributed by atoms with Gasteiger partial charge in [0.05, 0.1) is 6.10 Å². The van der Waals surface area contributed by atoms with E-state index in [9.17, 15) is 5.11 Å². The first-order valence-corrected chi connectivity index (χ1v) is 7.77. The van der Waals surface area contributed by atoms with Crippen LogP contribution in [0, 0.1) is 11.8 Å². The van der Waals surface area contributed by atoms with Crippen molar-refractivity contribution in [1.29, 1.82) is 0 Å². The summed E-state index contributed by atoms with van der Waals surface area (Å²) in [5.41, 5.74) is 2.34. The van der Waals surface area contributed by atoms with E-state index in [0.717, 1.165) is 17.4 Å². The van der Waals surface area contributed by atoms with Crippen molar-refractivity contribution >= 4 is 5.69 Å². The molecule has 1 saturated carbocycles. The van der Waals surface area contributed by atoms with Gasteiger partial charge in [-0.3, -0.25) is 0 Å². The maximum absolute atomic E-state index is 9.57. The Labute approximate surface area is 116 Å². The molecule has 19 heavy (non-hydrogen) atoms. The highest BCUT2D eigenvalue weighted by molar-refractivity contribution is 5.48. The van der Waals surface area contributed by atoms with Gasteiger partial charge in [0, 0.05) is 18.8 Å². The lowest BCUT2D eigenvalue weighted by Gasteiger charge is -2.42. The molecule has 2 fully saturated rings. The number of rotatable bonds is 2. The van der Waals surface area contributed by atoms with Gasteiger partial charge < -0.3 is 10.0 Å². The summed E-state index contributed by atoms with van der Waals surface area (Å²) in [5.74, 6) is 1.90. The summed E-state index contributed by atoms with van der Waals surface area (Å²) < 4.78 is 0. The van der Waals surface area contributed by atoms with Crippen molar-refractivity contribution in [1.82, 2.24) is 0 Å². The van der Waals surface area contributed by atoms with Crippen LogP contribution in [0.5, 0.6) is 0 Å². The number of fused-ring (bicyclic) bond motifs is 1. The number of hydrogen-bond acceptors (Lipinski definition) is 2. The summed E-state index contributed by atoms with van der Waals surface area (Å²) in [6.45, 7) is 4.26. The van der Waals surface area contributed by atoms with Gasteiger partial charge in [-0.05, 0) is 49.3 Å². The molecule has 3 atom stereocenters. The number of benzene rings is 1. The molecule has 0 bridgehead atoms. The first kappa shape index (κ1) is 13.0. The number of aliphatic hydroxyl groups is 1. The molecule has 1 aliphatic carbocycles. The van der Waals surface area contributed by atoms with E-state index in [1.807, 2.05) is 6.92 Å². The van der Waals surface area contributed by atoms with E-state index in [1.54, 1.807) is 0 Å². The first-order valence-electron chi connectivity index (χ1n) is 7.77. The van der Waals surface area contributed by atoms with E-state index >= 15 is 0 Å². The van der Waals surface area contributed by atoms with Gasteiger partial charge in [-0.25, -0.2) is 0 Å². The average molecular weight is 259 g/mol. The predicted molar refractivity (Wildman–Crippen MR) is 79.4 cm³/mol. The lowest BCUT2D eigenvalue weighted by atomic mass is 9.75. The largest absolute Gasteiger partial charge is 0.389 e. The van der Waals surface area contributed by atoms with E-state index in [1.165, 1.54) is 50.9 Å². The fraction of sp³-hybridized carbons (Fsp3) is 0.647. The Morgan fingerprint density at radius 3 is 2.42 bits per heavy atom. The van der Waals surface area contributed by atoms with Crippen molar-refractivity contribution in [3.63, 3.8) is 0 Å². The molecule has 3 unspecified atom stereocenters. The van der Waals surface area contributed by atoms with Crippen LogP contribution in [0.15, 0.2) is 24.3 Å². The molecule has 2 nitrogen and oxygen atoms in total. The second kappa shape index (κ2) is 5.54. The summed E-state index contributed by atoms with van der Waals surface area (Å²) in [7, 11) is 0. The smallest absolute Gasteiger partial charge is 0.0761 e. The van der Waals surface area contributed by atoms with Crippen LogP contribution in [0.2, 0.25) is 0 Å². The minimum atomic E-state index is -0.363. The normalized spacial score (nSPS) is 28.8. The molecule has 1 saturated heterocycles. The quantitative estimate of drug-likeness (QED) is 0.874. The van der Waals surface area contributed by atoms with Crippen molar-refractivity contribution in [2.45, 2.75) is 45.1 Å². The van der Waals surface area contributed by atoms with Gasteiger partial charge in [0.1, 0.15) is 0 Å². The van der Waals surface area contributed by atoms with E-state index in [4.69, 9.17) is 0 Å². The molecule has 0 spiro atoms. The Morgan fingerprint density at radius 2 is 1.74 bits per heavy atom. The highest BCUT2D eigenvalue weighted by Gasteiger charge is 2.31. The van der Waals surface area contributed by atoms with Crippen molar-refractivity contribution < 1.29 is 5.11 Å². The molecule has 0 aromatic heterocycles. The highest BCUT2D eigenvalue weighted by Crippen LogP contribution is 2.37. The summed E-state index contributed by atoms with van der Waals surface area (Å²) in [5, 5.41) is 9.57. The van der Waals surface area contributed by atoms with Crippen LogP contribution >= 0.6 is 0 Å². The number of anilines is 1. The monoisotopic (exact) mass is 259 g/mol. The molecule has 1 aliphatic heterocycles. The van der Waals surface area contributed by atoms with Crippen molar-refractivity contribution in [3.05, 3.63) is 29.8 Å². The third-order valence-electron chi connectivity index (χ3n) is 5.03. The zero-order chi connectivity index (χ0) is 13.2. The highest BCUT2D eigenvalue weighted by atomic mass is 16.3. The molecule has 1 N–H and O–H groups in total. The van der Waals surface area contributed by atoms with Crippen LogP contribution in [0.25, 0.3) is 0 Å². The molecule has 0 radical (unpaired) electrons. The van der Waals surface area contributed by atoms with Crippen molar-refractivity contribution in [2.75, 3.05) is 18.0 Å². The van der Waals surface area contributed by atoms with E-state index < -0.39 is 0 Å². The molecular weight excluding hydrogens is 234 g/mol. The summed E-state index contributed by atoms with van der Waals surface area (Å²) >= 11 is 0. The van der Waals surface area contributed by atoms with Crippen molar-refractivity contribution in [3.8, 4) is 0 Å². The summed E-state index contributed by atoms with van der Waals surface area (Å²) in [6.07, 6.45) is 6.76. The zero-order valence-electron chi connectivity index (χ0n) is 11.9. The van der Waals surface area contributed by atoms with Gasteiger partial charge in [-0.1, -0.05) is 31.4 Å². The fourth-order valence-electron chi connectivity index (χ4n) is 3.80. The molecule has 1 heterocycles. The third kappa shape index (κ3) is 2.79. The molecule has 2 heteroatoms. The van der Waals surface area contributed by atoms with Crippen molar-refractivity contribution in [2.24, 2.45) is 11.8 Å². The second-order valence-corrected chi connectivity index (χ2v) is 6.31. The molecular formula is C17H25NO. The van der Waals surface area contributed by atoms with Gasteiger partial charge >= 0.3 is 0 Å². The molecule has 104 valence electrons. The second-order valence-electron chi connectivity index (χ2n) is 6.31. The number of nitrogens with zero attached hydrogens (tertiary/aromatic N) is 1. The minimum absolute atomic E-state index is 0.363. The third-order valence-corrected chi connectivity index (χ3v) is 5.03. The van der Waals surface area contributed by atoms with Crippen LogP contribution in [-0.4, -0.2) is 18.2 Å². The Kier molecular flexibility index (Phi) is 3.79. The van der Waals surface area contributed by atoms with Crippen LogP contribution in [0.3, 0.4) is 0 Å². The average Bonchev–Trinajstić information content (AvgIpc) is 2.47. The van der Waals surface area contributed by atoms with E-state index in [2.05, 4.69) is 29.2 Å². The number of piperidine rings is 1. The Balaban J connectivity index is 1.69. The van der Waals surface area contributed by atoms with E-state index in [0.29, 0.717) is 0 Å². The summed E-state index contributed by atoms with van der Waals surface area (Å²) in [6, 6.07) is 8.47. The topological polar surface area (TPSA) is 23.5 Å². The molecule has 2 aliphatic rings. The molecule has 0 amide bonds. The fourth-order valence-corrected chi connectivity index (χ4v) is 3.80. The van der Waals surface area contributed by atoms with Gasteiger partial charge in [0.15, 0.2) is 0 Å². The van der Waals surface area contributed by atoms with E-state index in [-0.39, 0.29) is 6.10 Å². The number of aliphatic hydroxyl groups excluding tert-OH is 1. The Morgan fingerprint density at radius 1 is 1.05 bits per heavy atom. The maximum atomic E-state index is 9.57. The van der Waals surface area contributed by atoms with Gasteiger partial charge in [0.2, 0.25) is 0 Å². The molecule has 3 rings (SSSR count). The Bertz CT molecular complexity index is 412. The molecule has 1 aromatic rings. The van der Waals surface area contributed by atoms with Crippen LogP contribution in [0.4, 0.5) is 5.69 Å². The lowest BCUT2D eigenvalue weighted by Crippen LogP contribution is -2.41. The molecule has 1 aromatic carbocycles. The van der Waals surface area contributed by atoms with Gasteiger partial charge in [-0.2, -0.15) is 0 Å². The van der Waals surface area contributed by atoms with Crippen LogP contribution in [0.1, 0.15) is 50.7 Å².